The molecule has 0 radical (unpaired) electrons. The number of carbonyl (C=O) groups is 3. The van der Waals surface area contributed by atoms with Crippen LogP contribution in [0, 0.1) is 0 Å². The summed E-state index contributed by atoms with van der Waals surface area (Å²) in [5.74, 6) is -4.64. The Morgan fingerprint density at radius 1 is 0.909 bits per heavy atom. The SMILES string of the molecule is C=C(C)C(=O)OC(C)(C)N(C(C)=O)C(C)(O)OC(=O)C(=C)C. The average Bonchev–Trinajstić information content (AvgIpc) is 2.24. The summed E-state index contributed by atoms with van der Waals surface area (Å²) >= 11 is 0. The third-order valence-corrected chi connectivity index (χ3v) is 2.59. The molecule has 7 heteroatoms. The van der Waals surface area contributed by atoms with Crippen LogP contribution in [0.25, 0.3) is 0 Å². The molecule has 0 bridgehead atoms. The number of ether oxygens (including phenoxy) is 2. The van der Waals surface area contributed by atoms with E-state index in [1.54, 1.807) is 0 Å². The van der Waals surface area contributed by atoms with Gasteiger partial charge in [0.05, 0.1) is 0 Å². The van der Waals surface area contributed by atoms with E-state index in [2.05, 4.69) is 13.2 Å². The molecule has 0 aliphatic carbocycles. The lowest BCUT2D eigenvalue weighted by molar-refractivity contribution is -0.302. The van der Waals surface area contributed by atoms with Gasteiger partial charge in [-0.3, -0.25) is 4.79 Å². The molecular weight excluding hydrogens is 290 g/mol. The van der Waals surface area contributed by atoms with Crippen LogP contribution in [-0.2, 0) is 23.9 Å². The summed E-state index contributed by atoms with van der Waals surface area (Å²) in [5, 5.41) is 10.4. The molecule has 0 saturated heterocycles. The molecular formula is C15H23NO6. The van der Waals surface area contributed by atoms with Crippen LogP contribution in [0.1, 0.15) is 41.5 Å². The van der Waals surface area contributed by atoms with Gasteiger partial charge in [-0.2, -0.15) is 0 Å². The molecule has 22 heavy (non-hydrogen) atoms. The number of nitrogens with zero attached hydrogens (tertiary/aromatic N) is 1. The third-order valence-electron chi connectivity index (χ3n) is 2.59. The number of hydrogen-bond acceptors (Lipinski definition) is 6. The van der Waals surface area contributed by atoms with Crippen molar-refractivity contribution in [1.29, 1.82) is 0 Å². The second-order valence-corrected chi connectivity index (χ2v) is 5.57. The van der Waals surface area contributed by atoms with Gasteiger partial charge in [0.1, 0.15) is 0 Å². The topological polar surface area (TPSA) is 93.1 Å². The van der Waals surface area contributed by atoms with Crippen molar-refractivity contribution in [3.63, 3.8) is 0 Å². The van der Waals surface area contributed by atoms with Crippen LogP contribution in [0.2, 0.25) is 0 Å². The molecule has 1 amide bonds. The first kappa shape index (κ1) is 19.9. The molecule has 124 valence electrons. The van der Waals surface area contributed by atoms with Crippen molar-refractivity contribution in [2.45, 2.75) is 53.2 Å². The fraction of sp³-hybridized carbons (Fsp3) is 0.533. The molecule has 0 aliphatic heterocycles. The largest absolute Gasteiger partial charge is 0.436 e. The van der Waals surface area contributed by atoms with Crippen molar-refractivity contribution in [2.24, 2.45) is 0 Å². The van der Waals surface area contributed by atoms with Gasteiger partial charge >= 0.3 is 11.9 Å². The van der Waals surface area contributed by atoms with Gasteiger partial charge in [-0.1, -0.05) is 13.2 Å². The lowest BCUT2D eigenvalue weighted by Crippen LogP contribution is -2.62. The molecule has 0 aromatic rings. The molecule has 0 spiro atoms. The van der Waals surface area contributed by atoms with Gasteiger partial charge < -0.3 is 14.6 Å². The van der Waals surface area contributed by atoms with E-state index in [-0.39, 0.29) is 11.1 Å². The molecule has 1 unspecified atom stereocenters. The number of esters is 2. The number of rotatable bonds is 6. The Kier molecular flexibility index (Phi) is 6.08. The van der Waals surface area contributed by atoms with Crippen molar-refractivity contribution < 1.29 is 29.0 Å². The molecule has 0 fully saturated rings. The summed E-state index contributed by atoms with van der Waals surface area (Å²) in [4.78, 5) is 35.9. The van der Waals surface area contributed by atoms with Gasteiger partial charge in [-0.05, 0) is 27.7 Å². The average molecular weight is 313 g/mol. The first-order valence-corrected chi connectivity index (χ1v) is 6.53. The minimum Gasteiger partial charge on any atom is -0.436 e. The molecule has 0 rings (SSSR count). The van der Waals surface area contributed by atoms with E-state index in [0.29, 0.717) is 0 Å². The Morgan fingerprint density at radius 2 is 1.27 bits per heavy atom. The molecule has 7 nitrogen and oxygen atoms in total. The normalized spacial score (nSPS) is 13.6. The summed E-state index contributed by atoms with van der Waals surface area (Å²) in [6.45, 7) is 14.6. The van der Waals surface area contributed by atoms with Crippen LogP contribution >= 0.6 is 0 Å². The van der Waals surface area contributed by atoms with Crippen molar-refractivity contribution in [3.8, 4) is 0 Å². The maximum absolute atomic E-state index is 11.9. The smallest absolute Gasteiger partial charge is 0.336 e. The van der Waals surface area contributed by atoms with E-state index in [0.717, 1.165) is 18.7 Å². The molecule has 0 aromatic heterocycles. The van der Waals surface area contributed by atoms with Crippen LogP contribution < -0.4 is 0 Å². The standard InChI is InChI=1S/C15H23NO6/c1-9(2)12(18)21-14(6,7)16(11(5)17)15(8,20)22-13(19)10(3)4/h20H,1,3H2,2,4-8H3. The van der Waals surface area contributed by atoms with E-state index in [4.69, 9.17) is 9.47 Å². The van der Waals surface area contributed by atoms with Crippen LogP contribution in [0.3, 0.4) is 0 Å². The van der Waals surface area contributed by atoms with Crippen LogP contribution in [0.5, 0.6) is 0 Å². The quantitative estimate of drug-likeness (QED) is 0.453. The molecule has 1 atom stereocenters. The van der Waals surface area contributed by atoms with Crippen molar-refractivity contribution in [1.82, 2.24) is 4.90 Å². The lowest BCUT2D eigenvalue weighted by atomic mass is 10.2. The van der Waals surface area contributed by atoms with E-state index in [9.17, 15) is 19.5 Å². The number of aliphatic hydroxyl groups is 1. The van der Waals surface area contributed by atoms with Gasteiger partial charge in [0, 0.05) is 25.0 Å². The van der Waals surface area contributed by atoms with E-state index < -0.39 is 29.5 Å². The maximum atomic E-state index is 11.9. The van der Waals surface area contributed by atoms with E-state index in [1.165, 1.54) is 27.7 Å². The first-order chi connectivity index (χ1) is 9.72. The zero-order valence-corrected chi connectivity index (χ0v) is 13.8. The minimum atomic E-state index is -2.33. The highest BCUT2D eigenvalue weighted by atomic mass is 16.7. The Bertz CT molecular complexity index is 478. The highest BCUT2D eigenvalue weighted by Crippen LogP contribution is 2.27. The zero-order chi connectivity index (χ0) is 17.9. The maximum Gasteiger partial charge on any atom is 0.336 e. The molecule has 0 aromatic carbocycles. The van der Waals surface area contributed by atoms with Crippen molar-refractivity contribution in [3.05, 3.63) is 24.3 Å². The number of hydrogen-bond donors (Lipinski definition) is 1. The molecule has 0 saturated carbocycles. The van der Waals surface area contributed by atoms with Crippen LogP contribution in [0.4, 0.5) is 0 Å². The monoisotopic (exact) mass is 313 g/mol. The minimum absolute atomic E-state index is 0.0421. The van der Waals surface area contributed by atoms with Crippen molar-refractivity contribution in [2.75, 3.05) is 0 Å². The highest BCUT2D eigenvalue weighted by Gasteiger charge is 2.47. The summed E-state index contributed by atoms with van der Waals surface area (Å²) in [5.41, 5.74) is -1.42. The molecule has 0 aliphatic rings. The predicted octanol–water partition coefficient (Wildman–Crippen LogP) is 1.48. The van der Waals surface area contributed by atoms with Gasteiger partial charge in [-0.25, -0.2) is 14.5 Å². The predicted molar refractivity (Wildman–Crippen MR) is 79.0 cm³/mol. The Morgan fingerprint density at radius 3 is 1.59 bits per heavy atom. The fourth-order valence-corrected chi connectivity index (χ4v) is 1.84. The Balaban J connectivity index is 5.56. The van der Waals surface area contributed by atoms with Crippen LogP contribution in [-0.4, -0.2) is 39.5 Å². The van der Waals surface area contributed by atoms with Crippen molar-refractivity contribution >= 4 is 17.8 Å². The number of amides is 1. The summed E-state index contributed by atoms with van der Waals surface area (Å²) < 4.78 is 10.0. The van der Waals surface area contributed by atoms with Gasteiger partial charge in [0.15, 0.2) is 5.72 Å². The third kappa shape index (κ3) is 5.00. The summed E-state index contributed by atoms with van der Waals surface area (Å²) in [6, 6.07) is 0. The van der Waals surface area contributed by atoms with Gasteiger partial charge in [0.25, 0.3) is 5.91 Å². The van der Waals surface area contributed by atoms with Gasteiger partial charge in [-0.15, -0.1) is 0 Å². The van der Waals surface area contributed by atoms with E-state index in [1.807, 2.05) is 0 Å². The Hall–Kier alpha value is -2.15. The molecule has 0 heterocycles. The zero-order valence-electron chi connectivity index (χ0n) is 13.8. The Labute approximate surface area is 130 Å². The summed E-state index contributed by atoms with van der Waals surface area (Å²) in [7, 11) is 0. The highest BCUT2D eigenvalue weighted by molar-refractivity contribution is 5.88. The van der Waals surface area contributed by atoms with Crippen LogP contribution in [0.15, 0.2) is 24.3 Å². The second kappa shape index (κ2) is 6.74. The second-order valence-electron chi connectivity index (χ2n) is 5.57. The summed E-state index contributed by atoms with van der Waals surface area (Å²) in [6.07, 6.45) is 0. The lowest BCUT2D eigenvalue weighted by Gasteiger charge is -2.44. The van der Waals surface area contributed by atoms with Gasteiger partial charge in [0.2, 0.25) is 5.91 Å². The number of carbonyl (C=O) groups excluding carboxylic acids is 3. The molecule has 1 N–H and O–H groups in total. The first-order valence-electron chi connectivity index (χ1n) is 6.53. The fourth-order valence-electron chi connectivity index (χ4n) is 1.84. The van der Waals surface area contributed by atoms with E-state index >= 15 is 0 Å².